The van der Waals surface area contributed by atoms with Crippen molar-refractivity contribution in [2.24, 2.45) is 0 Å². The molecule has 152 valence electrons. The lowest BCUT2D eigenvalue weighted by molar-refractivity contribution is -0.204. The number of benzene rings is 2. The van der Waals surface area contributed by atoms with Crippen LogP contribution in [0.2, 0.25) is 0 Å². The number of alkyl halides is 3. The fourth-order valence-electron chi connectivity index (χ4n) is 2.55. The second kappa shape index (κ2) is 8.08. The lowest BCUT2D eigenvalue weighted by Gasteiger charge is -2.34. The molecule has 0 aliphatic heterocycles. The number of nitrogens with one attached hydrogen (secondary N) is 2. The van der Waals surface area contributed by atoms with E-state index in [1.807, 2.05) is 0 Å². The Kier molecular flexibility index (Phi) is 5.73. The van der Waals surface area contributed by atoms with Crippen LogP contribution in [0.5, 0.6) is 0 Å². The number of halogens is 3. The molecule has 1 amide bonds. The van der Waals surface area contributed by atoms with Crippen LogP contribution < -0.4 is 10.6 Å². The topological polar surface area (TPSA) is 80.3 Å². The Hall–Kier alpha value is -3.14. The highest BCUT2D eigenvalue weighted by Crippen LogP contribution is 2.36. The number of carbonyl (C=O) groups excluding carboxylic acids is 2. The number of thiazole rings is 1. The molecule has 0 radical (unpaired) electrons. The number of para-hydroxylation sites is 1. The number of amides is 1. The predicted molar refractivity (Wildman–Crippen MR) is 103 cm³/mol. The zero-order chi connectivity index (χ0) is 21.1. The quantitative estimate of drug-likeness (QED) is 0.463. The van der Waals surface area contributed by atoms with Gasteiger partial charge in [0.1, 0.15) is 0 Å². The molecule has 3 rings (SSSR count). The summed E-state index contributed by atoms with van der Waals surface area (Å²) in [7, 11) is 0. The van der Waals surface area contributed by atoms with Gasteiger partial charge in [0.05, 0.1) is 16.8 Å². The highest BCUT2D eigenvalue weighted by Gasteiger charge is 2.64. The van der Waals surface area contributed by atoms with Crippen molar-refractivity contribution >= 4 is 38.6 Å². The SMILES string of the molecule is CCOC(=O)[C@@](NC(=O)c1ccccc1)(Nc1nc2ccccc2s1)C(F)(F)F. The van der Waals surface area contributed by atoms with Crippen molar-refractivity contribution in [2.75, 3.05) is 11.9 Å². The molecule has 1 atom stereocenters. The second-order valence-corrected chi connectivity index (χ2v) is 6.93. The van der Waals surface area contributed by atoms with Gasteiger partial charge < -0.3 is 15.4 Å². The molecule has 0 aliphatic rings. The number of fused-ring (bicyclic) bond motifs is 1. The molecule has 3 aromatic rings. The number of rotatable bonds is 6. The molecule has 10 heteroatoms. The van der Waals surface area contributed by atoms with E-state index in [0.717, 1.165) is 11.3 Å². The molecule has 0 fully saturated rings. The van der Waals surface area contributed by atoms with Gasteiger partial charge in [-0.1, -0.05) is 41.7 Å². The number of hydrogen-bond acceptors (Lipinski definition) is 6. The first kappa shape index (κ1) is 20.6. The zero-order valence-electron chi connectivity index (χ0n) is 15.1. The normalized spacial score (nSPS) is 13.5. The maximum absolute atomic E-state index is 14.2. The first-order valence-corrected chi connectivity index (χ1v) is 9.34. The number of aromatic nitrogens is 1. The van der Waals surface area contributed by atoms with Crippen molar-refractivity contribution in [1.29, 1.82) is 0 Å². The summed E-state index contributed by atoms with van der Waals surface area (Å²) in [5.41, 5.74) is -3.10. The highest BCUT2D eigenvalue weighted by atomic mass is 32.1. The highest BCUT2D eigenvalue weighted by molar-refractivity contribution is 7.22. The van der Waals surface area contributed by atoms with E-state index < -0.39 is 23.7 Å². The van der Waals surface area contributed by atoms with Crippen LogP contribution in [0.25, 0.3) is 10.2 Å². The fourth-order valence-corrected chi connectivity index (χ4v) is 3.47. The number of hydrogen-bond donors (Lipinski definition) is 2. The van der Waals surface area contributed by atoms with Gasteiger partial charge in [-0.05, 0) is 31.2 Å². The Bertz CT molecular complexity index is 990. The molecule has 6 nitrogen and oxygen atoms in total. The second-order valence-electron chi connectivity index (χ2n) is 5.90. The summed E-state index contributed by atoms with van der Waals surface area (Å²) >= 11 is 0.917. The number of carbonyl (C=O) groups is 2. The third-order valence-corrected chi connectivity index (χ3v) is 4.88. The Morgan fingerprint density at radius 3 is 2.34 bits per heavy atom. The number of ether oxygens (including phenoxy) is 1. The number of anilines is 1. The van der Waals surface area contributed by atoms with Gasteiger partial charge in [-0.25, -0.2) is 9.78 Å². The first-order chi connectivity index (χ1) is 13.8. The van der Waals surface area contributed by atoms with Crippen LogP contribution in [0.4, 0.5) is 18.3 Å². The average Bonchev–Trinajstić information content (AvgIpc) is 3.09. The first-order valence-electron chi connectivity index (χ1n) is 8.52. The summed E-state index contributed by atoms with van der Waals surface area (Å²) < 4.78 is 47.8. The van der Waals surface area contributed by atoms with E-state index in [4.69, 9.17) is 0 Å². The van der Waals surface area contributed by atoms with Gasteiger partial charge >= 0.3 is 17.8 Å². The molecule has 0 unspecified atom stereocenters. The van der Waals surface area contributed by atoms with E-state index in [1.165, 1.54) is 31.2 Å². The van der Waals surface area contributed by atoms with Crippen molar-refractivity contribution in [3.8, 4) is 0 Å². The lowest BCUT2D eigenvalue weighted by atomic mass is 10.1. The van der Waals surface area contributed by atoms with Gasteiger partial charge in [0.2, 0.25) is 0 Å². The van der Waals surface area contributed by atoms with Gasteiger partial charge in [-0.3, -0.25) is 4.79 Å². The van der Waals surface area contributed by atoms with E-state index in [0.29, 0.717) is 10.2 Å². The minimum atomic E-state index is -5.22. The minimum absolute atomic E-state index is 0.0449. The van der Waals surface area contributed by atoms with E-state index in [1.54, 1.807) is 35.6 Å². The number of esters is 1. The van der Waals surface area contributed by atoms with Crippen LogP contribution >= 0.6 is 11.3 Å². The summed E-state index contributed by atoms with van der Waals surface area (Å²) in [6.45, 7) is 1.06. The summed E-state index contributed by atoms with van der Waals surface area (Å²) in [5, 5.41) is 3.67. The molecule has 2 N–H and O–H groups in total. The molecule has 0 saturated heterocycles. The monoisotopic (exact) mass is 423 g/mol. The van der Waals surface area contributed by atoms with Crippen molar-refractivity contribution in [1.82, 2.24) is 10.3 Å². The molecule has 1 heterocycles. The molecule has 2 aromatic carbocycles. The third-order valence-electron chi connectivity index (χ3n) is 3.93. The van der Waals surface area contributed by atoms with E-state index >= 15 is 0 Å². The molecular formula is C19H16F3N3O3S. The average molecular weight is 423 g/mol. The van der Waals surface area contributed by atoms with Crippen LogP contribution in [0.1, 0.15) is 17.3 Å². The van der Waals surface area contributed by atoms with Gasteiger partial charge in [-0.2, -0.15) is 13.2 Å². The van der Waals surface area contributed by atoms with Crippen LogP contribution in [0.3, 0.4) is 0 Å². The van der Waals surface area contributed by atoms with Crippen molar-refractivity contribution in [3.63, 3.8) is 0 Å². The Morgan fingerprint density at radius 2 is 1.72 bits per heavy atom. The largest absolute Gasteiger partial charge is 0.463 e. The third kappa shape index (κ3) is 4.16. The molecule has 0 saturated carbocycles. The van der Waals surface area contributed by atoms with Gasteiger partial charge in [0, 0.05) is 5.56 Å². The molecule has 0 spiro atoms. The molecule has 29 heavy (non-hydrogen) atoms. The van der Waals surface area contributed by atoms with E-state index in [-0.39, 0.29) is 17.3 Å². The van der Waals surface area contributed by atoms with E-state index in [2.05, 4.69) is 15.0 Å². The molecule has 0 bridgehead atoms. The van der Waals surface area contributed by atoms with Crippen molar-refractivity contribution < 1.29 is 27.5 Å². The Labute approximate surface area is 167 Å². The van der Waals surface area contributed by atoms with Gasteiger partial charge in [-0.15, -0.1) is 0 Å². The van der Waals surface area contributed by atoms with Crippen LogP contribution in [0.15, 0.2) is 54.6 Å². The summed E-state index contributed by atoms with van der Waals surface area (Å²) in [6.07, 6.45) is -5.22. The molecule has 0 aliphatic carbocycles. The fraction of sp³-hybridized carbons (Fsp3) is 0.211. The molecular weight excluding hydrogens is 407 g/mol. The van der Waals surface area contributed by atoms with Crippen molar-refractivity contribution in [2.45, 2.75) is 18.8 Å². The predicted octanol–water partition coefficient (Wildman–Crippen LogP) is 3.96. The van der Waals surface area contributed by atoms with Gasteiger partial charge in [0.15, 0.2) is 5.13 Å². The lowest BCUT2D eigenvalue weighted by Crippen LogP contribution is -2.69. The molecule has 1 aromatic heterocycles. The maximum atomic E-state index is 14.2. The van der Waals surface area contributed by atoms with Gasteiger partial charge in [0.25, 0.3) is 5.91 Å². The summed E-state index contributed by atoms with van der Waals surface area (Å²) in [6, 6.07) is 14.0. The van der Waals surface area contributed by atoms with Crippen LogP contribution in [0, 0.1) is 0 Å². The minimum Gasteiger partial charge on any atom is -0.463 e. The smallest absolute Gasteiger partial charge is 0.442 e. The maximum Gasteiger partial charge on any atom is 0.442 e. The Balaban J connectivity index is 2.05. The van der Waals surface area contributed by atoms with E-state index in [9.17, 15) is 22.8 Å². The standard InChI is InChI=1S/C19H16F3N3O3S/c1-2-28-16(27)18(19(20,21)22,24-15(26)12-8-4-3-5-9-12)25-17-23-13-10-6-7-11-14(13)29-17/h3-11H,2H2,1H3,(H,23,25)(H,24,26)/t18-/m1/s1. The summed E-state index contributed by atoms with van der Waals surface area (Å²) in [5.74, 6) is -2.78. The Morgan fingerprint density at radius 1 is 1.07 bits per heavy atom. The van der Waals surface area contributed by atoms with Crippen LogP contribution in [-0.4, -0.2) is 35.3 Å². The summed E-state index contributed by atoms with van der Waals surface area (Å²) in [4.78, 5) is 29.0. The zero-order valence-corrected chi connectivity index (χ0v) is 15.9. The number of nitrogens with zero attached hydrogens (tertiary/aromatic N) is 1. The van der Waals surface area contributed by atoms with Crippen molar-refractivity contribution in [3.05, 3.63) is 60.2 Å². The van der Waals surface area contributed by atoms with Crippen LogP contribution in [-0.2, 0) is 9.53 Å².